The molecule has 6 nitrogen and oxygen atoms in total. The van der Waals surface area contributed by atoms with E-state index >= 15 is 0 Å². The Morgan fingerprint density at radius 3 is 2.47 bits per heavy atom. The first-order chi connectivity index (χ1) is 14.6. The Morgan fingerprint density at radius 2 is 1.73 bits per heavy atom. The van der Waals surface area contributed by atoms with Crippen LogP contribution in [0.2, 0.25) is 0 Å². The average Bonchev–Trinajstić information content (AvgIpc) is 3.23. The zero-order valence-corrected chi connectivity index (χ0v) is 18.1. The molecule has 3 aromatic rings. The summed E-state index contributed by atoms with van der Waals surface area (Å²) in [6.45, 7) is 8.10. The topological polar surface area (TPSA) is 62.5 Å². The van der Waals surface area contributed by atoms with E-state index in [0.29, 0.717) is 11.1 Å². The van der Waals surface area contributed by atoms with E-state index in [9.17, 15) is 4.79 Å². The van der Waals surface area contributed by atoms with Gasteiger partial charge in [-0.3, -0.25) is 9.69 Å². The number of aryl methyl sites for hydroxylation is 1. The molecule has 1 amide bonds. The van der Waals surface area contributed by atoms with E-state index in [1.54, 1.807) is 0 Å². The fourth-order valence-electron chi connectivity index (χ4n) is 3.61. The maximum atomic E-state index is 12.9. The minimum absolute atomic E-state index is 0.120. The summed E-state index contributed by atoms with van der Waals surface area (Å²) in [4.78, 5) is 17.2. The Kier molecular flexibility index (Phi) is 6.50. The average molecular weight is 423 g/mol. The molecule has 7 heteroatoms. The SMILES string of the molecule is Cc1ccccc1-c1nnc(S[C@H](C)C(=O)N2CCN(Cc3ccccc3)CC2)o1. The molecule has 0 aliphatic carbocycles. The van der Waals surface area contributed by atoms with Crippen LogP contribution in [0.15, 0.2) is 64.2 Å². The number of hydrogen-bond acceptors (Lipinski definition) is 6. The molecule has 0 bridgehead atoms. The molecule has 4 rings (SSSR count). The summed E-state index contributed by atoms with van der Waals surface area (Å²) >= 11 is 1.33. The molecule has 0 saturated carbocycles. The van der Waals surface area contributed by atoms with E-state index in [1.165, 1.54) is 17.3 Å². The molecule has 1 aliphatic heterocycles. The molecular weight excluding hydrogens is 396 g/mol. The van der Waals surface area contributed by atoms with E-state index in [4.69, 9.17) is 4.42 Å². The highest BCUT2D eigenvalue weighted by Crippen LogP contribution is 2.28. The van der Waals surface area contributed by atoms with E-state index in [0.717, 1.165) is 43.9 Å². The van der Waals surface area contributed by atoms with Crippen molar-refractivity contribution in [3.8, 4) is 11.5 Å². The zero-order chi connectivity index (χ0) is 20.9. The lowest BCUT2D eigenvalue weighted by Gasteiger charge is -2.35. The van der Waals surface area contributed by atoms with Crippen molar-refractivity contribution in [1.29, 1.82) is 0 Å². The first-order valence-electron chi connectivity index (χ1n) is 10.2. The van der Waals surface area contributed by atoms with Gasteiger partial charge in [-0.2, -0.15) is 0 Å². The molecule has 1 atom stereocenters. The van der Waals surface area contributed by atoms with Crippen molar-refractivity contribution in [2.45, 2.75) is 30.9 Å². The van der Waals surface area contributed by atoms with Gasteiger partial charge in [0.2, 0.25) is 11.8 Å². The summed E-state index contributed by atoms with van der Waals surface area (Å²) in [5, 5.41) is 8.44. The van der Waals surface area contributed by atoms with Crippen LogP contribution in [0.25, 0.3) is 11.5 Å². The number of carbonyl (C=O) groups excluding carboxylic acids is 1. The highest BCUT2D eigenvalue weighted by atomic mass is 32.2. The van der Waals surface area contributed by atoms with Crippen molar-refractivity contribution in [2.24, 2.45) is 0 Å². The summed E-state index contributed by atoms with van der Waals surface area (Å²) < 4.78 is 5.80. The third kappa shape index (κ3) is 4.91. The van der Waals surface area contributed by atoms with Crippen LogP contribution in [-0.2, 0) is 11.3 Å². The minimum Gasteiger partial charge on any atom is -0.411 e. The molecular formula is C23H26N4O2S. The fraction of sp³-hybridized carbons (Fsp3) is 0.348. The smallest absolute Gasteiger partial charge is 0.277 e. The molecule has 1 fully saturated rings. The second-order valence-corrected chi connectivity index (χ2v) is 8.83. The van der Waals surface area contributed by atoms with Gasteiger partial charge in [0.15, 0.2) is 0 Å². The molecule has 0 unspecified atom stereocenters. The number of benzene rings is 2. The maximum absolute atomic E-state index is 12.9. The van der Waals surface area contributed by atoms with E-state index in [1.807, 2.05) is 49.1 Å². The van der Waals surface area contributed by atoms with Crippen LogP contribution >= 0.6 is 11.8 Å². The van der Waals surface area contributed by atoms with E-state index in [2.05, 4.69) is 39.4 Å². The number of nitrogens with zero attached hydrogens (tertiary/aromatic N) is 4. The number of amides is 1. The van der Waals surface area contributed by atoms with Gasteiger partial charge in [0.25, 0.3) is 5.22 Å². The molecule has 1 aliphatic rings. The van der Waals surface area contributed by atoms with Crippen molar-refractivity contribution in [1.82, 2.24) is 20.0 Å². The monoisotopic (exact) mass is 422 g/mol. The second-order valence-electron chi connectivity index (χ2n) is 7.54. The predicted molar refractivity (Wildman–Crippen MR) is 118 cm³/mol. The minimum atomic E-state index is -0.268. The number of hydrogen-bond donors (Lipinski definition) is 0. The number of rotatable bonds is 6. The highest BCUT2D eigenvalue weighted by molar-refractivity contribution is 8.00. The molecule has 0 radical (unpaired) electrons. The molecule has 0 N–H and O–H groups in total. The van der Waals surface area contributed by atoms with Gasteiger partial charge in [-0.05, 0) is 31.0 Å². The first kappa shape index (κ1) is 20.6. The quantitative estimate of drug-likeness (QED) is 0.562. The van der Waals surface area contributed by atoms with Crippen LogP contribution in [0, 0.1) is 6.92 Å². The standard InChI is InChI=1S/C23H26N4O2S/c1-17-8-6-7-11-20(17)21-24-25-23(29-21)30-18(2)22(28)27-14-12-26(13-15-27)16-19-9-4-3-5-10-19/h3-11,18H,12-16H2,1-2H3/t18-/m1/s1. The third-order valence-electron chi connectivity index (χ3n) is 5.34. The van der Waals surface area contributed by atoms with Gasteiger partial charge in [0, 0.05) is 38.3 Å². The van der Waals surface area contributed by atoms with Gasteiger partial charge >= 0.3 is 0 Å². The van der Waals surface area contributed by atoms with Gasteiger partial charge in [-0.1, -0.05) is 60.3 Å². The third-order valence-corrected chi connectivity index (χ3v) is 6.26. The molecule has 30 heavy (non-hydrogen) atoms. The van der Waals surface area contributed by atoms with Crippen molar-refractivity contribution in [3.63, 3.8) is 0 Å². The molecule has 1 saturated heterocycles. The Hall–Kier alpha value is -2.64. The summed E-state index contributed by atoms with van der Waals surface area (Å²) in [6.07, 6.45) is 0. The first-order valence-corrected chi connectivity index (χ1v) is 11.1. The summed E-state index contributed by atoms with van der Waals surface area (Å²) in [6, 6.07) is 18.3. The van der Waals surface area contributed by atoms with Crippen molar-refractivity contribution < 1.29 is 9.21 Å². The lowest BCUT2D eigenvalue weighted by atomic mass is 10.1. The summed E-state index contributed by atoms with van der Waals surface area (Å²) in [5.41, 5.74) is 3.31. The van der Waals surface area contributed by atoms with Crippen LogP contribution in [0.5, 0.6) is 0 Å². The normalized spacial score (nSPS) is 15.9. The van der Waals surface area contributed by atoms with Crippen LogP contribution in [0.3, 0.4) is 0 Å². The molecule has 156 valence electrons. The Bertz CT molecular complexity index is 984. The van der Waals surface area contributed by atoms with Gasteiger partial charge in [0.05, 0.1) is 5.25 Å². The Labute approximate surface area is 181 Å². The molecule has 2 heterocycles. The number of piperazine rings is 1. The zero-order valence-electron chi connectivity index (χ0n) is 17.3. The van der Waals surface area contributed by atoms with Crippen LogP contribution in [0.1, 0.15) is 18.1 Å². The van der Waals surface area contributed by atoms with Crippen molar-refractivity contribution >= 4 is 17.7 Å². The molecule has 0 spiro atoms. The number of aromatic nitrogens is 2. The predicted octanol–water partition coefficient (Wildman–Crippen LogP) is 3.87. The largest absolute Gasteiger partial charge is 0.411 e. The fourth-order valence-corrected chi connectivity index (χ4v) is 4.37. The molecule has 2 aromatic carbocycles. The van der Waals surface area contributed by atoms with Crippen LogP contribution in [0.4, 0.5) is 0 Å². The Balaban J connectivity index is 1.30. The number of thioether (sulfide) groups is 1. The summed E-state index contributed by atoms with van der Waals surface area (Å²) in [5.74, 6) is 0.611. The lowest BCUT2D eigenvalue weighted by Crippen LogP contribution is -2.50. The van der Waals surface area contributed by atoms with Gasteiger partial charge in [-0.15, -0.1) is 10.2 Å². The van der Waals surface area contributed by atoms with E-state index < -0.39 is 0 Å². The van der Waals surface area contributed by atoms with Crippen molar-refractivity contribution in [3.05, 3.63) is 65.7 Å². The van der Waals surface area contributed by atoms with Gasteiger partial charge in [-0.25, -0.2) is 0 Å². The van der Waals surface area contributed by atoms with Crippen LogP contribution in [-0.4, -0.2) is 57.3 Å². The Morgan fingerprint density at radius 1 is 1.03 bits per heavy atom. The van der Waals surface area contributed by atoms with Gasteiger partial charge in [0.1, 0.15) is 0 Å². The lowest BCUT2D eigenvalue weighted by molar-refractivity contribution is -0.132. The molecule has 1 aromatic heterocycles. The van der Waals surface area contributed by atoms with Gasteiger partial charge < -0.3 is 9.32 Å². The summed E-state index contributed by atoms with van der Waals surface area (Å²) in [7, 11) is 0. The highest BCUT2D eigenvalue weighted by Gasteiger charge is 2.27. The maximum Gasteiger partial charge on any atom is 0.277 e. The number of carbonyl (C=O) groups is 1. The van der Waals surface area contributed by atoms with Crippen LogP contribution < -0.4 is 0 Å². The second kappa shape index (κ2) is 9.45. The van der Waals surface area contributed by atoms with Crippen molar-refractivity contribution in [2.75, 3.05) is 26.2 Å². The van der Waals surface area contributed by atoms with E-state index in [-0.39, 0.29) is 11.2 Å².